The Morgan fingerprint density at radius 3 is 2.80 bits per heavy atom. The van der Waals surface area contributed by atoms with Gasteiger partial charge in [-0.2, -0.15) is 0 Å². The summed E-state index contributed by atoms with van der Waals surface area (Å²) < 4.78 is 15.5. The Morgan fingerprint density at radius 1 is 1.12 bits per heavy atom. The largest absolute Gasteiger partial charge is 0.462 e. The fourth-order valence-electron chi connectivity index (χ4n) is 2.35. The zero-order valence-corrected chi connectivity index (χ0v) is 13.7. The molecule has 0 spiro atoms. The molecule has 0 radical (unpaired) electrons. The summed E-state index contributed by atoms with van der Waals surface area (Å²) in [6, 6.07) is 11.7. The fourth-order valence-corrected chi connectivity index (χ4v) is 2.35. The first-order valence-electron chi connectivity index (χ1n) is 7.86. The average molecular weight is 342 g/mol. The number of benzene rings is 2. The number of esters is 1. The molecule has 0 unspecified atom stereocenters. The van der Waals surface area contributed by atoms with Crippen LogP contribution in [0, 0.1) is 0 Å². The van der Waals surface area contributed by atoms with Gasteiger partial charge < -0.3 is 24.8 Å². The van der Waals surface area contributed by atoms with E-state index in [1.165, 1.54) is 0 Å². The second-order valence-electron chi connectivity index (χ2n) is 5.30. The smallest absolute Gasteiger partial charge is 0.338 e. The van der Waals surface area contributed by atoms with Gasteiger partial charge >= 0.3 is 12.0 Å². The molecule has 1 aliphatic heterocycles. The molecule has 7 nitrogen and oxygen atoms in total. The minimum absolute atomic E-state index is 0.212. The highest BCUT2D eigenvalue weighted by molar-refractivity contribution is 5.93. The van der Waals surface area contributed by atoms with Gasteiger partial charge in [0.15, 0.2) is 11.5 Å². The van der Waals surface area contributed by atoms with Crippen molar-refractivity contribution in [1.82, 2.24) is 5.32 Å². The van der Waals surface area contributed by atoms with Crippen molar-refractivity contribution in [3.8, 4) is 11.5 Å². The zero-order valence-electron chi connectivity index (χ0n) is 13.7. The number of anilines is 1. The highest BCUT2D eigenvalue weighted by Crippen LogP contribution is 2.32. The third kappa shape index (κ3) is 4.20. The highest BCUT2D eigenvalue weighted by Gasteiger charge is 2.13. The van der Waals surface area contributed by atoms with Gasteiger partial charge in [-0.05, 0) is 42.8 Å². The molecule has 0 aliphatic carbocycles. The van der Waals surface area contributed by atoms with E-state index < -0.39 is 5.97 Å². The maximum absolute atomic E-state index is 12.0. The Hall–Kier alpha value is -3.22. The predicted molar refractivity (Wildman–Crippen MR) is 90.8 cm³/mol. The Kier molecular flexibility index (Phi) is 5.03. The molecule has 0 saturated heterocycles. The van der Waals surface area contributed by atoms with Crippen molar-refractivity contribution in [1.29, 1.82) is 0 Å². The Labute approximate surface area is 144 Å². The van der Waals surface area contributed by atoms with Crippen LogP contribution < -0.4 is 20.1 Å². The maximum atomic E-state index is 12.0. The van der Waals surface area contributed by atoms with Crippen molar-refractivity contribution in [2.45, 2.75) is 13.5 Å². The second kappa shape index (κ2) is 7.57. The Bertz CT molecular complexity index is 791. The number of hydrogen-bond donors (Lipinski definition) is 2. The monoisotopic (exact) mass is 342 g/mol. The number of carbonyl (C=O) groups excluding carboxylic acids is 2. The number of carbonyl (C=O) groups is 2. The van der Waals surface area contributed by atoms with Gasteiger partial charge in [-0.3, -0.25) is 0 Å². The quantitative estimate of drug-likeness (QED) is 0.816. The van der Waals surface area contributed by atoms with Crippen LogP contribution in [0.4, 0.5) is 10.5 Å². The molecule has 2 N–H and O–H groups in total. The molecule has 0 bridgehead atoms. The Morgan fingerprint density at radius 2 is 1.96 bits per heavy atom. The maximum Gasteiger partial charge on any atom is 0.338 e. The summed E-state index contributed by atoms with van der Waals surface area (Å²) in [5, 5.41) is 5.44. The summed E-state index contributed by atoms with van der Waals surface area (Å²) in [5.74, 6) is 0.942. The van der Waals surface area contributed by atoms with E-state index in [4.69, 9.17) is 14.2 Å². The molecule has 7 heteroatoms. The number of fused-ring (bicyclic) bond motifs is 1. The van der Waals surface area contributed by atoms with E-state index >= 15 is 0 Å². The van der Waals surface area contributed by atoms with Crippen LogP contribution in [0.5, 0.6) is 11.5 Å². The van der Waals surface area contributed by atoms with Crippen molar-refractivity contribution in [2.75, 3.05) is 18.7 Å². The third-order valence-corrected chi connectivity index (χ3v) is 3.52. The summed E-state index contributed by atoms with van der Waals surface area (Å²) in [5.41, 5.74) is 1.78. The van der Waals surface area contributed by atoms with Crippen LogP contribution in [0.25, 0.3) is 0 Å². The van der Waals surface area contributed by atoms with Crippen LogP contribution >= 0.6 is 0 Å². The molecule has 3 rings (SSSR count). The topological polar surface area (TPSA) is 85.9 Å². The summed E-state index contributed by atoms with van der Waals surface area (Å²) in [6.07, 6.45) is 0. The van der Waals surface area contributed by atoms with Gasteiger partial charge in [-0.15, -0.1) is 0 Å². The molecule has 2 aromatic rings. The van der Waals surface area contributed by atoms with E-state index in [-0.39, 0.29) is 12.8 Å². The van der Waals surface area contributed by atoms with Crippen molar-refractivity contribution in [2.24, 2.45) is 0 Å². The molecular weight excluding hydrogens is 324 g/mol. The van der Waals surface area contributed by atoms with E-state index in [0.29, 0.717) is 35.9 Å². The number of urea groups is 1. The standard InChI is InChI=1S/C18H18N2O5/c1-2-23-17(21)13-4-3-5-14(9-13)20-18(22)19-10-12-6-7-15-16(8-12)25-11-24-15/h3-9H,2,10-11H2,1H3,(H2,19,20,22). The van der Waals surface area contributed by atoms with Crippen molar-refractivity contribution >= 4 is 17.7 Å². The summed E-state index contributed by atoms with van der Waals surface area (Å²) in [6.45, 7) is 2.58. The van der Waals surface area contributed by atoms with E-state index in [1.807, 2.05) is 12.1 Å². The van der Waals surface area contributed by atoms with E-state index in [1.54, 1.807) is 37.3 Å². The van der Waals surface area contributed by atoms with Gasteiger partial charge in [0.2, 0.25) is 6.79 Å². The molecule has 0 aromatic heterocycles. The van der Waals surface area contributed by atoms with Gasteiger partial charge in [0.05, 0.1) is 12.2 Å². The summed E-state index contributed by atoms with van der Waals surface area (Å²) in [4.78, 5) is 23.7. The van der Waals surface area contributed by atoms with Gasteiger partial charge in [-0.25, -0.2) is 9.59 Å². The molecule has 1 aliphatic rings. The first kappa shape index (κ1) is 16.6. The normalized spacial score (nSPS) is 11.7. The van der Waals surface area contributed by atoms with Crippen LogP contribution in [0.1, 0.15) is 22.8 Å². The molecule has 2 aromatic carbocycles. The fraction of sp³-hybridized carbons (Fsp3) is 0.222. The SMILES string of the molecule is CCOC(=O)c1cccc(NC(=O)NCc2ccc3c(c2)OCO3)c1. The lowest BCUT2D eigenvalue weighted by Gasteiger charge is -2.09. The lowest BCUT2D eigenvalue weighted by molar-refractivity contribution is 0.0526. The molecule has 2 amide bonds. The number of nitrogens with one attached hydrogen (secondary N) is 2. The van der Waals surface area contributed by atoms with Gasteiger partial charge in [0, 0.05) is 12.2 Å². The molecule has 0 fully saturated rings. The zero-order chi connectivity index (χ0) is 17.6. The number of amides is 2. The van der Waals surface area contributed by atoms with Gasteiger partial charge in [-0.1, -0.05) is 12.1 Å². The lowest BCUT2D eigenvalue weighted by Crippen LogP contribution is -2.28. The minimum atomic E-state index is -0.424. The van der Waals surface area contributed by atoms with Crippen LogP contribution in [0.2, 0.25) is 0 Å². The van der Waals surface area contributed by atoms with Gasteiger partial charge in [0.1, 0.15) is 0 Å². The van der Waals surface area contributed by atoms with E-state index in [9.17, 15) is 9.59 Å². The van der Waals surface area contributed by atoms with E-state index in [2.05, 4.69) is 10.6 Å². The lowest BCUT2D eigenvalue weighted by atomic mass is 10.2. The summed E-state index contributed by atoms with van der Waals surface area (Å²) in [7, 11) is 0. The van der Waals surface area contributed by atoms with E-state index in [0.717, 1.165) is 5.56 Å². The highest BCUT2D eigenvalue weighted by atomic mass is 16.7. The molecule has 0 atom stereocenters. The Balaban J connectivity index is 1.56. The first-order chi connectivity index (χ1) is 12.2. The van der Waals surface area contributed by atoms with Crippen LogP contribution in [0.3, 0.4) is 0 Å². The third-order valence-electron chi connectivity index (χ3n) is 3.52. The van der Waals surface area contributed by atoms with Crippen LogP contribution in [-0.4, -0.2) is 25.4 Å². The van der Waals surface area contributed by atoms with Gasteiger partial charge in [0.25, 0.3) is 0 Å². The van der Waals surface area contributed by atoms with Crippen molar-refractivity contribution in [3.05, 3.63) is 53.6 Å². The molecule has 1 heterocycles. The number of ether oxygens (including phenoxy) is 3. The second-order valence-corrected chi connectivity index (χ2v) is 5.30. The van der Waals surface area contributed by atoms with Crippen molar-refractivity contribution < 1.29 is 23.8 Å². The number of hydrogen-bond acceptors (Lipinski definition) is 5. The van der Waals surface area contributed by atoms with Crippen LogP contribution in [-0.2, 0) is 11.3 Å². The number of rotatable bonds is 5. The average Bonchev–Trinajstić information content (AvgIpc) is 3.08. The van der Waals surface area contributed by atoms with Crippen LogP contribution in [0.15, 0.2) is 42.5 Å². The molecule has 130 valence electrons. The molecular formula is C18H18N2O5. The predicted octanol–water partition coefficient (Wildman–Crippen LogP) is 2.91. The van der Waals surface area contributed by atoms with Crippen molar-refractivity contribution in [3.63, 3.8) is 0 Å². The summed E-state index contributed by atoms with van der Waals surface area (Å²) >= 11 is 0. The first-order valence-corrected chi connectivity index (χ1v) is 7.86. The minimum Gasteiger partial charge on any atom is -0.462 e. The molecule has 25 heavy (non-hydrogen) atoms. The molecule has 0 saturated carbocycles.